The van der Waals surface area contributed by atoms with Gasteiger partial charge in [0.15, 0.2) is 12.4 Å². The Bertz CT molecular complexity index is 1070. The van der Waals surface area contributed by atoms with E-state index in [1.54, 1.807) is 12.1 Å². The molecule has 0 unspecified atom stereocenters. The molecule has 2 aliphatic rings. The Morgan fingerprint density at radius 3 is 2.12 bits per heavy atom. The third-order valence-electron chi connectivity index (χ3n) is 6.34. The molecule has 0 bridgehead atoms. The lowest BCUT2D eigenvalue weighted by molar-refractivity contribution is 0.0474. The first kappa shape index (κ1) is 23.6. The number of esters is 1. The lowest BCUT2D eigenvalue weighted by Crippen LogP contribution is -2.40. The van der Waals surface area contributed by atoms with E-state index in [2.05, 4.69) is 0 Å². The topological polar surface area (TPSA) is 90.0 Å². The number of rotatable bonds is 7. The summed E-state index contributed by atoms with van der Waals surface area (Å²) < 4.78 is 37.1. The highest BCUT2D eigenvalue weighted by Gasteiger charge is 2.26. The lowest BCUT2D eigenvalue weighted by Gasteiger charge is -2.26. The molecule has 1 heterocycles. The van der Waals surface area contributed by atoms with E-state index in [0.717, 1.165) is 0 Å². The van der Waals surface area contributed by atoms with E-state index >= 15 is 0 Å². The van der Waals surface area contributed by atoms with Crippen LogP contribution in [0, 0.1) is 0 Å². The smallest absolute Gasteiger partial charge is 0.338 e. The number of hydrogen-bond donors (Lipinski definition) is 0. The van der Waals surface area contributed by atoms with Crippen molar-refractivity contribution < 1.29 is 27.5 Å². The van der Waals surface area contributed by atoms with Crippen molar-refractivity contribution in [2.24, 2.45) is 0 Å². The summed E-state index contributed by atoms with van der Waals surface area (Å²) in [6.45, 7) is 0.961. The second-order valence-corrected chi connectivity index (χ2v) is 10.4. The molecule has 176 valence electrons. The molecule has 2 aromatic carbocycles. The number of ketones is 1. The van der Waals surface area contributed by atoms with Crippen LogP contribution in [0.15, 0.2) is 53.4 Å². The summed E-state index contributed by atoms with van der Waals surface area (Å²) in [5, 5.41) is 0. The van der Waals surface area contributed by atoms with Crippen LogP contribution in [0.25, 0.3) is 0 Å². The zero-order valence-electron chi connectivity index (χ0n) is 18.6. The van der Waals surface area contributed by atoms with Gasteiger partial charge in [-0.3, -0.25) is 4.79 Å². The zero-order chi connectivity index (χ0) is 23.3. The fourth-order valence-corrected chi connectivity index (χ4v) is 5.78. The number of Topliss-reactive ketones (excluding diaryl/α,β-unsaturated/α-hetero) is 1. The summed E-state index contributed by atoms with van der Waals surface area (Å²) in [7, 11) is -3.63. The predicted molar refractivity (Wildman–Crippen MR) is 123 cm³/mol. The maximum Gasteiger partial charge on any atom is 0.338 e. The van der Waals surface area contributed by atoms with Crippen LogP contribution in [0.2, 0.25) is 0 Å². The van der Waals surface area contributed by atoms with Gasteiger partial charge in [-0.1, -0.05) is 43.5 Å². The monoisotopic (exact) mass is 471 g/mol. The van der Waals surface area contributed by atoms with Crippen molar-refractivity contribution in [2.75, 3.05) is 32.9 Å². The maximum absolute atomic E-state index is 12.7. The average molecular weight is 472 g/mol. The minimum Gasteiger partial charge on any atom is -0.454 e. The van der Waals surface area contributed by atoms with Gasteiger partial charge in [-0.05, 0) is 48.6 Å². The van der Waals surface area contributed by atoms with Gasteiger partial charge in [0, 0.05) is 18.7 Å². The van der Waals surface area contributed by atoms with Gasteiger partial charge in [0.2, 0.25) is 10.0 Å². The summed E-state index contributed by atoms with van der Waals surface area (Å²) in [5.74, 6) is -0.377. The Morgan fingerprint density at radius 2 is 1.48 bits per heavy atom. The molecule has 7 nitrogen and oxygen atoms in total. The van der Waals surface area contributed by atoms with Crippen molar-refractivity contribution in [3.8, 4) is 0 Å². The molecule has 33 heavy (non-hydrogen) atoms. The summed E-state index contributed by atoms with van der Waals surface area (Å²) >= 11 is 0. The minimum absolute atomic E-state index is 0.107. The molecule has 0 radical (unpaired) electrons. The third-order valence-corrected chi connectivity index (χ3v) is 8.25. The molecule has 8 heteroatoms. The molecule has 0 atom stereocenters. The Kier molecular flexibility index (Phi) is 7.57. The van der Waals surface area contributed by atoms with Gasteiger partial charge in [0.1, 0.15) is 0 Å². The molecule has 0 N–H and O–H groups in total. The van der Waals surface area contributed by atoms with E-state index < -0.39 is 16.0 Å². The number of benzene rings is 2. The Balaban J connectivity index is 1.32. The molecule has 1 saturated carbocycles. The fraction of sp³-hybridized carbons (Fsp3) is 0.440. The number of carbonyl (C=O) groups excluding carboxylic acids is 2. The average Bonchev–Trinajstić information content (AvgIpc) is 2.88. The van der Waals surface area contributed by atoms with E-state index in [0.29, 0.717) is 37.8 Å². The number of sulfonamides is 1. The van der Waals surface area contributed by atoms with Crippen molar-refractivity contribution >= 4 is 21.8 Å². The first-order chi connectivity index (χ1) is 15.9. The SMILES string of the molecule is O=C(COC(=O)c1ccc(S(=O)(=O)N2CCOCC2)cc1)c1ccc(C2CCCCC2)cc1. The van der Waals surface area contributed by atoms with Gasteiger partial charge in [-0.25, -0.2) is 13.2 Å². The van der Waals surface area contributed by atoms with Gasteiger partial charge in [0.25, 0.3) is 0 Å². The summed E-state index contributed by atoms with van der Waals surface area (Å²) in [6, 6.07) is 13.2. The van der Waals surface area contributed by atoms with Crippen molar-refractivity contribution in [1.29, 1.82) is 0 Å². The second kappa shape index (κ2) is 10.6. The van der Waals surface area contributed by atoms with Gasteiger partial charge in [-0.15, -0.1) is 0 Å². The number of nitrogens with zero attached hydrogens (tertiary/aromatic N) is 1. The van der Waals surface area contributed by atoms with Crippen LogP contribution in [-0.4, -0.2) is 57.4 Å². The standard InChI is InChI=1S/C25H29NO6S/c27-24(21-8-6-20(7-9-21)19-4-2-1-3-5-19)18-32-25(28)22-10-12-23(13-11-22)33(29,30)26-14-16-31-17-15-26/h6-13,19H,1-5,14-18H2. The van der Waals surface area contributed by atoms with Crippen LogP contribution in [0.1, 0.15) is 64.3 Å². The van der Waals surface area contributed by atoms with E-state index in [1.807, 2.05) is 12.1 Å². The fourth-order valence-electron chi connectivity index (χ4n) is 4.37. The van der Waals surface area contributed by atoms with E-state index in [-0.39, 0.29) is 22.8 Å². The van der Waals surface area contributed by atoms with Crippen LogP contribution >= 0.6 is 0 Å². The first-order valence-electron chi connectivity index (χ1n) is 11.4. The molecule has 4 rings (SSSR count). The number of hydrogen-bond acceptors (Lipinski definition) is 6. The summed E-state index contributed by atoms with van der Waals surface area (Å²) in [4.78, 5) is 24.9. The Morgan fingerprint density at radius 1 is 0.879 bits per heavy atom. The molecule has 0 spiro atoms. The second-order valence-electron chi connectivity index (χ2n) is 8.50. The maximum atomic E-state index is 12.7. The largest absolute Gasteiger partial charge is 0.454 e. The lowest BCUT2D eigenvalue weighted by atomic mass is 9.84. The normalized spacial score (nSPS) is 18.1. The van der Waals surface area contributed by atoms with Crippen molar-refractivity contribution in [3.05, 3.63) is 65.2 Å². The number of carbonyl (C=O) groups is 2. The van der Waals surface area contributed by atoms with Gasteiger partial charge < -0.3 is 9.47 Å². The van der Waals surface area contributed by atoms with E-state index in [4.69, 9.17) is 9.47 Å². The molecular weight excluding hydrogens is 442 g/mol. The highest BCUT2D eigenvalue weighted by Crippen LogP contribution is 2.32. The van der Waals surface area contributed by atoms with E-state index in [9.17, 15) is 18.0 Å². The molecule has 1 saturated heterocycles. The molecule has 1 aliphatic heterocycles. The summed E-state index contributed by atoms with van der Waals surface area (Å²) in [5.41, 5.74) is 1.96. The van der Waals surface area contributed by atoms with Crippen LogP contribution in [0.3, 0.4) is 0 Å². The number of ether oxygens (including phenoxy) is 2. The first-order valence-corrected chi connectivity index (χ1v) is 12.9. The van der Waals surface area contributed by atoms with Crippen molar-refractivity contribution in [3.63, 3.8) is 0 Å². The molecule has 2 aromatic rings. The molecule has 1 aliphatic carbocycles. The van der Waals surface area contributed by atoms with Crippen molar-refractivity contribution in [1.82, 2.24) is 4.31 Å². The summed E-state index contributed by atoms with van der Waals surface area (Å²) in [6.07, 6.45) is 6.18. The van der Waals surface area contributed by atoms with Gasteiger partial charge in [-0.2, -0.15) is 4.31 Å². The highest BCUT2D eigenvalue weighted by molar-refractivity contribution is 7.89. The van der Waals surface area contributed by atoms with Crippen LogP contribution in [0.5, 0.6) is 0 Å². The van der Waals surface area contributed by atoms with Gasteiger partial charge in [0.05, 0.1) is 23.7 Å². The molecular formula is C25H29NO6S. The Hall–Kier alpha value is -2.55. The number of morpholine rings is 1. The predicted octanol–water partition coefficient (Wildman–Crippen LogP) is 3.79. The van der Waals surface area contributed by atoms with Crippen molar-refractivity contribution in [2.45, 2.75) is 42.9 Å². The van der Waals surface area contributed by atoms with E-state index in [1.165, 1.54) is 66.2 Å². The highest BCUT2D eigenvalue weighted by atomic mass is 32.2. The van der Waals surface area contributed by atoms with Crippen LogP contribution in [-0.2, 0) is 19.5 Å². The van der Waals surface area contributed by atoms with Crippen LogP contribution in [0.4, 0.5) is 0 Å². The molecule has 2 fully saturated rings. The zero-order valence-corrected chi connectivity index (χ0v) is 19.4. The quantitative estimate of drug-likeness (QED) is 0.451. The third kappa shape index (κ3) is 5.69. The minimum atomic E-state index is -3.63. The molecule has 0 amide bonds. The Labute approximate surface area is 194 Å². The van der Waals surface area contributed by atoms with Gasteiger partial charge >= 0.3 is 5.97 Å². The molecule has 0 aromatic heterocycles. The van der Waals surface area contributed by atoms with Crippen LogP contribution < -0.4 is 0 Å².